The maximum Gasteiger partial charge on any atom is 0.335 e. The molecule has 0 amide bonds. The minimum Gasteiger partial charge on any atom is -0.478 e. The minimum atomic E-state index is -0.860. The number of benzene rings is 2. The van der Waals surface area contributed by atoms with Gasteiger partial charge < -0.3 is 19.5 Å². The number of hydrogen-bond donors (Lipinski definition) is 1. The van der Waals surface area contributed by atoms with Crippen LogP contribution >= 0.6 is 11.6 Å². The second-order valence-electron chi connectivity index (χ2n) is 10.6. The van der Waals surface area contributed by atoms with Gasteiger partial charge in [0.15, 0.2) is 0 Å². The monoisotopic (exact) mass is 567 g/mol. The summed E-state index contributed by atoms with van der Waals surface area (Å²) < 4.78 is 12.1. The van der Waals surface area contributed by atoms with E-state index in [-0.39, 0.29) is 18.4 Å². The zero-order valence-electron chi connectivity index (χ0n) is 23.9. The maximum atomic E-state index is 11.8. The molecule has 0 aliphatic carbocycles. The number of aromatic carboxylic acids is 1. The number of carbonyl (C=O) groups is 1. The second kappa shape index (κ2) is 14.8. The van der Waals surface area contributed by atoms with E-state index in [1.54, 1.807) is 26.4 Å². The van der Waals surface area contributed by atoms with Crippen LogP contribution in [0.1, 0.15) is 79.3 Å². The molecule has 2 aromatic rings. The van der Waals surface area contributed by atoms with E-state index in [1.807, 2.05) is 36.4 Å². The molecular formula is C32H42ClN3O4. The van der Waals surface area contributed by atoms with Gasteiger partial charge in [-0.25, -0.2) is 9.79 Å². The third-order valence-corrected chi connectivity index (χ3v) is 8.30. The Kier molecular flexibility index (Phi) is 11.2. The summed E-state index contributed by atoms with van der Waals surface area (Å²) in [6.45, 7) is 4.51. The number of amidine groups is 1. The number of nitrogens with zero attached hydrogens (tertiary/aromatic N) is 3. The number of carboxylic acids is 1. The number of hydrogen-bond acceptors (Lipinski definition) is 6. The highest BCUT2D eigenvalue weighted by Gasteiger charge is 2.32. The zero-order chi connectivity index (χ0) is 28.5. The van der Waals surface area contributed by atoms with E-state index in [4.69, 9.17) is 26.1 Å². The van der Waals surface area contributed by atoms with Crippen molar-refractivity contribution in [2.75, 3.05) is 33.9 Å². The fourth-order valence-corrected chi connectivity index (χ4v) is 5.92. The van der Waals surface area contributed by atoms with Gasteiger partial charge in [-0.1, -0.05) is 67.8 Å². The number of unbranched alkanes of at least 4 members (excludes halogenated alkanes) is 2. The van der Waals surface area contributed by atoms with E-state index in [2.05, 4.69) is 22.8 Å². The number of ether oxygens (including phenoxy) is 2. The second-order valence-corrected chi connectivity index (χ2v) is 11.0. The molecule has 0 saturated carbocycles. The highest BCUT2D eigenvalue weighted by atomic mass is 35.5. The Labute approximate surface area is 243 Å². The van der Waals surface area contributed by atoms with Gasteiger partial charge in [0.1, 0.15) is 18.3 Å². The SMILES string of the molecule is CCCCCC1=NC(c2ccc(Cl)cc2)=CCC(OC)N1CC(OC)N1CCC(c2ccccc2C(=O)O)CC1. The predicted octanol–water partition coefficient (Wildman–Crippen LogP) is 6.89. The van der Waals surface area contributed by atoms with Crippen molar-refractivity contribution >= 4 is 29.1 Å². The molecule has 2 heterocycles. The van der Waals surface area contributed by atoms with Gasteiger partial charge >= 0.3 is 5.97 Å². The van der Waals surface area contributed by atoms with Gasteiger partial charge in [0.25, 0.3) is 0 Å². The molecule has 1 fully saturated rings. The lowest BCUT2D eigenvalue weighted by atomic mass is 9.86. The summed E-state index contributed by atoms with van der Waals surface area (Å²) >= 11 is 6.15. The molecule has 2 aromatic carbocycles. The summed E-state index contributed by atoms with van der Waals surface area (Å²) in [5.41, 5.74) is 3.33. The average Bonchev–Trinajstić information content (AvgIpc) is 3.15. The van der Waals surface area contributed by atoms with Crippen molar-refractivity contribution in [3.8, 4) is 0 Å². The molecule has 2 aliphatic heterocycles. The van der Waals surface area contributed by atoms with E-state index >= 15 is 0 Å². The molecule has 8 heteroatoms. The topological polar surface area (TPSA) is 74.6 Å². The molecule has 2 unspecified atom stereocenters. The number of rotatable bonds is 12. The van der Waals surface area contributed by atoms with Crippen molar-refractivity contribution in [2.24, 2.45) is 4.99 Å². The van der Waals surface area contributed by atoms with E-state index < -0.39 is 5.97 Å². The molecule has 2 aliphatic rings. The van der Waals surface area contributed by atoms with Crippen molar-refractivity contribution in [3.63, 3.8) is 0 Å². The number of likely N-dealkylation sites (tertiary alicyclic amines) is 1. The van der Waals surface area contributed by atoms with Crippen molar-refractivity contribution in [1.29, 1.82) is 0 Å². The standard InChI is InChI=1S/C32H42ClN3O4/c1-4-5-6-11-29-34-28(24-12-14-25(33)15-13-24)16-17-30(39-2)36(29)22-31(40-3)35-20-18-23(19-21-35)26-9-7-8-10-27(26)32(37)38/h7-10,12-16,23,30-31H,4-6,11,17-22H2,1-3H3,(H,37,38). The van der Waals surface area contributed by atoms with Crippen LogP contribution < -0.4 is 0 Å². The van der Waals surface area contributed by atoms with Crippen LogP contribution in [-0.2, 0) is 9.47 Å². The van der Waals surface area contributed by atoms with E-state index in [0.29, 0.717) is 23.6 Å². The molecule has 1 N–H and O–H groups in total. The lowest BCUT2D eigenvalue weighted by molar-refractivity contribution is -0.0804. The summed E-state index contributed by atoms with van der Waals surface area (Å²) in [6.07, 6.45) is 8.56. The van der Waals surface area contributed by atoms with E-state index in [9.17, 15) is 9.90 Å². The summed E-state index contributed by atoms with van der Waals surface area (Å²) in [5, 5.41) is 10.4. The first-order valence-corrected chi connectivity index (χ1v) is 14.7. The molecule has 216 valence electrons. The van der Waals surface area contributed by atoms with Crippen LogP contribution in [0.4, 0.5) is 0 Å². The fourth-order valence-electron chi connectivity index (χ4n) is 5.79. The molecule has 40 heavy (non-hydrogen) atoms. The molecule has 1 saturated heterocycles. The highest BCUT2D eigenvalue weighted by molar-refractivity contribution is 6.30. The first kappa shape index (κ1) is 30.3. The number of aliphatic imine (C=N–C) groups is 1. The Morgan fingerprint density at radius 3 is 2.48 bits per heavy atom. The molecule has 0 aromatic heterocycles. The van der Waals surface area contributed by atoms with Crippen LogP contribution in [0.5, 0.6) is 0 Å². The minimum absolute atomic E-state index is 0.137. The van der Waals surface area contributed by atoms with Gasteiger partial charge in [0.2, 0.25) is 0 Å². The highest BCUT2D eigenvalue weighted by Crippen LogP contribution is 2.32. The Bertz CT molecular complexity index is 1170. The van der Waals surface area contributed by atoms with Gasteiger partial charge in [-0.15, -0.1) is 0 Å². The Hall–Kier alpha value is -2.71. The Morgan fingerprint density at radius 2 is 1.82 bits per heavy atom. The van der Waals surface area contributed by atoms with E-state index in [1.165, 1.54) is 0 Å². The molecule has 2 atom stereocenters. The lowest BCUT2D eigenvalue weighted by Gasteiger charge is -2.41. The van der Waals surface area contributed by atoms with Gasteiger partial charge in [-0.2, -0.15) is 0 Å². The summed E-state index contributed by atoms with van der Waals surface area (Å²) in [5.74, 6) is 0.385. The van der Waals surface area contributed by atoms with E-state index in [0.717, 1.165) is 74.3 Å². The largest absolute Gasteiger partial charge is 0.478 e. The van der Waals surface area contributed by atoms with Crippen molar-refractivity contribution in [2.45, 2.75) is 70.2 Å². The Morgan fingerprint density at radius 1 is 1.10 bits per heavy atom. The first-order valence-electron chi connectivity index (χ1n) is 14.4. The summed E-state index contributed by atoms with van der Waals surface area (Å²) in [6, 6.07) is 15.2. The first-order chi connectivity index (χ1) is 19.4. The van der Waals surface area contributed by atoms with Gasteiger partial charge in [0, 0.05) is 45.2 Å². The fraction of sp³-hybridized carbons (Fsp3) is 0.500. The molecule has 0 radical (unpaired) electrons. The summed E-state index contributed by atoms with van der Waals surface area (Å²) in [4.78, 5) is 21.6. The normalized spacial score (nSPS) is 19.6. The predicted molar refractivity (Wildman–Crippen MR) is 161 cm³/mol. The van der Waals surface area contributed by atoms with Crippen molar-refractivity contribution < 1.29 is 19.4 Å². The molecule has 0 spiro atoms. The quantitative estimate of drug-likeness (QED) is 0.282. The number of methoxy groups -OCH3 is 2. The van der Waals surface area contributed by atoms with Crippen LogP contribution in [-0.4, -0.2) is 73.0 Å². The van der Waals surface area contributed by atoms with Crippen molar-refractivity contribution in [1.82, 2.24) is 9.80 Å². The zero-order valence-corrected chi connectivity index (χ0v) is 24.6. The van der Waals surface area contributed by atoms with Gasteiger partial charge in [-0.05, 0) is 54.5 Å². The van der Waals surface area contributed by atoms with Crippen LogP contribution in [0.15, 0.2) is 59.6 Å². The molecular weight excluding hydrogens is 526 g/mol. The van der Waals surface area contributed by atoms with Crippen LogP contribution in [0.25, 0.3) is 5.70 Å². The molecule has 0 bridgehead atoms. The van der Waals surface area contributed by atoms with Crippen LogP contribution in [0, 0.1) is 0 Å². The lowest BCUT2D eigenvalue weighted by Crippen LogP contribution is -2.52. The number of carboxylic acid groups (broad SMARTS) is 1. The third kappa shape index (κ3) is 7.52. The third-order valence-electron chi connectivity index (χ3n) is 8.05. The Balaban J connectivity index is 1.52. The number of halogens is 1. The maximum absolute atomic E-state index is 11.8. The molecule has 7 nitrogen and oxygen atoms in total. The van der Waals surface area contributed by atoms with Crippen molar-refractivity contribution in [3.05, 3.63) is 76.3 Å². The van der Waals surface area contributed by atoms with Crippen LogP contribution in [0.2, 0.25) is 5.02 Å². The number of piperidine rings is 1. The smallest absolute Gasteiger partial charge is 0.335 e. The van der Waals surface area contributed by atoms with Crippen LogP contribution in [0.3, 0.4) is 0 Å². The summed E-state index contributed by atoms with van der Waals surface area (Å²) in [7, 11) is 3.52. The van der Waals surface area contributed by atoms with Gasteiger partial charge in [0.05, 0.1) is 17.8 Å². The van der Waals surface area contributed by atoms with Gasteiger partial charge in [-0.3, -0.25) is 4.90 Å². The molecule has 4 rings (SSSR count). The average molecular weight is 568 g/mol.